The monoisotopic (exact) mass is 506 g/mol. The van der Waals surface area contributed by atoms with Gasteiger partial charge in [-0.2, -0.15) is 0 Å². The summed E-state index contributed by atoms with van der Waals surface area (Å²) in [6.45, 7) is 1.77. The van der Waals surface area contributed by atoms with Gasteiger partial charge in [0.05, 0.1) is 27.4 Å². The van der Waals surface area contributed by atoms with E-state index in [2.05, 4.69) is 5.32 Å². The molecule has 0 saturated heterocycles. The van der Waals surface area contributed by atoms with Crippen LogP contribution in [0.15, 0.2) is 58.5 Å². The van der Waals surface area contributed by atoms with E-state index in [0.717, 1.165) is 36.8 Å². The molecule has 178 valence electrons. The summed E-state index contributed by atoms with van der Waals surface area (Å²) in [5.41, 5.74) is 2.72. The summed E-state index contributed by atoms with van der Waals surface area (Å²) in [7, 11) is 0. The molecule has 8 nitrogen and oxygen atoms in total. The number of thioether (sulfide) groups is 1. The molecule has 1 amide bonds. The van der Waals surface area contributed by atoms with Crippen molar-refractivity contribution in [3.63, 3.8) is 0 Å². The van der Waals surface area contributed by atoms with E-state index in [4.69, 9.17) is 4.98 Å². The summed E-state index contributed by atoms with van der Waals surface area (Å²) in [5, 5.41) is 15.0. The average Bonchev–Trinajstić information content (AvgIpc) is 3.23. The first kappa shape index (κ1) is 23.3. The van der Waals surface area contributed by atoms with E-state index in [1.807, 2.05) is 30.3 Å². The van der Waals surface area contributed by atoms with E-state index in [1.54, 1.807) is 28.9 Å². The van der Waals surface area contributed by atoms with Gasteiger partial charge in [-0.1, -0.05) is 36.0 Å². The fraction of sp³-hybridized carbons (Fsp3) is 0.240. The first-order valence-corrected chi connectivity index (χ1v) is 13.0. The second-order valence-corrected chi connectivity index (χ2v) is 10.4. The SMILES string of the molecule is Cc1ccc([N+](=O)[O-])cc1NC(=O)CSc1nc2sc3c(c2c(=O)n1-c1ccccc1)CCCC3. The first-order chi connectivity index (χ1) is 16.9. The van der Waals surface area contributed by atoms with Crippen molar-refractivity contribution in [2.24, 2.45) is 0 Å². The molecule has 0 spiro atoms. The van der Waals surface area contributed by atoms with Crippen molar-refractivity contribution < 1.29 is 9.72 Å². The molecule has 0 aliphatic heterocycles. The number of carbonyl (C=O) groups excluding carboxylic acids is 1. The number of amides is 1. The van der Waals surface area contributed by atoms with E-state index < -0.39 is 4.92 Å². The Labute approximate surface area is 209 Å². The molecule has 2 aromatic carbocycles. The highest BCUT2D eigenvalue weighted by Crippen LogP contribution is 2.35. The second kappa shape index (κ2) is 9.63. The molecule has 0 bridgehead atoms. The van der Waals surface area contributed by atoms with Crippen molar-refractivity contribution in [1.29, 1.82) is 0 Å². The van der Waals surface area contributed by atoms with Crippen LogP contribution < -0.4 is 10.9 Å². The number of carbonyl (C=O) groups is 1. The lowest BCUT2D eigenvalue weighted by molar-refractivity contribution is -0.384. The molecule has 1 N–H and O–H groups in total. The standard InChI is InChI=1S/C25H22N4O4S2/c1-15-11-12-17(29(32)33)13-19(15)26-21(30)14-34-25-27-23-22(18-9-5-6-10-20(18)35-23)24(31)28(25)16-7-3-2-4-8-16/h2-4,7-8,11-13H,5-6,9-10,14H2,1H3,(H,26,30). The third-order valence-electron chi connectivity index (χ3n) is 6.01. The molecule has 0 radical (unpaired) electrons. The lowest BCUT2D eigenvalue weighted by atomic mass is 9.97. The summed E-state index contributed by atoms with van der Waals surface area (Å²) in [4.78, 5) is 43.8. The summed E-state index contributed by atoms with van der Waals surface area (Å²) in [6, 6.07) is 13.7. The summed E-state index contributed by atoms with van der Waals surface area (Å²) in [6.07, 6.45) is 4.04. The normalized spacial score (nSPS) is 12.9. The highest BCUT2D eigenvalue weighted by atomic mass is 32.2. The van der Waals surface area contributed by atoms with Crippen LogP contribution in [0, 0.1) is 17.0 Å². The molecule has 2 heterocycles. The maximum atomic E-state index is 13.7. The van der Waals surface area contributed by atoms with Crippen molar-refractivity contribution >= 4 is 50.6 Å². The van der Waals surface area contributed by atoms with Gasteiger partial charge in [0.1, 0.15) is 4.83 Å². The van der Waals surface area contributed by atoms with Crippen LogP contribution in [0.25, 0.3) is 15.9 Å². The Bertz CT molecular complexity index is 1510. The number of nitro groups is 1. The maximum Gasteiger partial charge on any atom is 0.271 e. The molecule has 0 atom stereocenters. The highest BCUT2D eigenvalue weighted by molar-refractivity contribution is 7.99. The molecule has 0 unspecified atom stereocenters. The zero-order valence-electron chi connectivity index (χ0n) is 18.9. The lowest BCUT2D eigenvalue weighted by Crippen LogP contribution is -2.23. The van der Waals surface area contributed by atoms with E-state index in [0.29, 0.717) is 26.7 Å². The minimum Gasteiger partial charge on any atom is -0.325 e. The van der Waals surface area contributed by atoms with Crippen molar-refractivity contribution in [2.75, 3.05) is 11.1 Å². The molecular weight excluding hydrogens is 484 g/mol. The van der Waals surface area contributed by atoms with Gasteiger partial charge >= 0.3 is 0 Å². The van der Waals surface area contributed by atoms with E-state index >= 15 is 0 Å². The Morgan fingerprint density at radius 2 is 1.97 bits per heavy atom. The largest absolute Gasteiger partial charge is 0.325 e. The smallest absolute Gasteiger partial charge is 0.271 e. The minimum absolute atomic E-state index is 0.00198. The van der Waals surface area contributed by atoms with Crippen LogP contribution >= 0.6 is 23.1 Å². The number of nitrogens with one attached hydrogen (secondary N) is 1. The van der Waals surface area contributed by atoms with Crippen LogP contribution in [-0.4, -0.2) is 26.1 Å². The zero-order chi connectivity index (χ0) is 24.5. The number of hydrogen-bond donors (Lipinski definition) is 1. The number of para-hydroxylation sites is 1. The molecule has 1 aliphatic rings. The van der Waals surface area contributed by atoms with Crippen LogP contribution in [-0.2, 0) is 17.6 Å². The number of rotatable bonds is 6. The van der Waals surface area contributed by atoms with Crippen molar-refractivity contribution in [3.05, 3.63) is 85.0 Å². The van der Waals surface area contributed by atoms with Gasteiger partial charge in [0.25, 0.3) is 11.2 Å². The van der Waals surface area contributed by atoms with Gasteiger partial charge in [-0.25, -0.2) is 4.98 Å². The Balaban J connectivity index is 1.48. The van der Waals surface area contributed by atoms with Gasteiger partial charge in [-0.15, -0.1) is 11.3 Å². The molecule has 4 aromatic rings. The Morgan fingerprint density at radius 1 is 1.20 bits per heavy atom. The van der Waals surface area contributed by atoms with Gasteiger partial charge < -0.3 is 5.32 Å². The number of anilines is 1. The average molecular weight is 507 g/mol. The maximum absolute atomic E-state index is 13.7. The lowest BCUT2D eigenvalue weighted by Gasteiger charge is -2.14. The topological polar surface area (TPSA) is 107 Å². The van der Waals surface area contributed by atoms with Gasteiger partial charge in [0, 0.05) is 17.0 Å². The third kappa shape index (κ3) is 4.59. The van der Waals surface area contributed by atoms with Crippen molar-refractivity contribution in [1.82, 2.24) is 9.55 Å². The number of benzene rings is 2. The summed E-state index contributed by atoms with van der Waals surface area (Å²) >= 11 is 2.75. The molecule has 10 heteroatoms. The number of thiophene rings is 1. The van der Waals surface area contributed by atoms with Gasteiger partial charge in [-0.3, -0.25) is 24.3 Å². The molecular formula is C25H22N4O4S2. The highest BCUT2D eigenvalue weighted by Gasteiger charge is 2.23. The minimum atomic E-state index is -0.498. The number of aromatic nitrogens is 2. The Hall–Kier alpha value is -3.50. The Kier molecular flexibility index (Phi) is 6.40. The molecule has 5 rings (SSSR count). The van der Waals surface area contributed by atoms with E-state index in [9.17, 15) is 19.7 Å². The number of aryl methyl sites for hydroxylation is 3. The van der Waals surface area contributed by atoms with E-state index in [-0.39, 0.29) is 22.9 Å². The third-order valence-corrected chi connectivity index (χ3v) is 8.14. The number of nitrogens with zero attached hydrogens (tertiary/aromatic N) is 3. The van der Waals surface area contributed by atoms with Crippen molar-refractivity contribution in [3.8, 4) is 5.69 Å². The number of fused-ring (bicyclic) bond motifs is 3. The van der Waals surface area contributed by atoms with Gasteiger partial charge in [-0.05, 0) is 55.9 Å². The van der Waals surface area contributed by atoms with Crippen LogP contribution in [0.4, 0.5) is 11.4 Å². The van der Waals surface area contributed by atoms with Gasteiger partial charge in [0.15, 0.2) is 5.16 Å². The second-order valence-electron chi connectivity index (χ2n) is 8.35. The fourth-order valence-electron chi connectivity index (χ4n) is 4.26. The van der Waals surface area contributed by atoms with Crippen LogP contribution in [0.3, 0.4) is 0 Å². The zero-order valence-corrected chi connectivity index (χ0v) is 20.6. The Morgan fingerprint density at radius 3 is 2.74 bits per heavy atom. The first-order valence-electron chi connectivity index (χ1n) is 11.2. The number of nitro benzene ring substituents is 1. The molecule has 0 saturated carbocycles. The number of hydrogen-bond acceptors (Lipinski definition) is 7. The quantitative estimate of drug-likeness (QED) is 0.165. The predicted octanol–water partition coefficient (Wildman–Crippen LogP) is 5.27. The molecule has 0 fully saturated rings. The molecule has 2 aromatic heterocycles. The molecule has 35 heavy (non-hydrogen) atoms. The van der Waals surface area contributed by atoms with E-state index in [1.165, 1.54) is 28.8 Å². The van der Waals surface area contributed by atoms with Gasteiger partial charge in [0.2, 0.25) is 5.91 Å². The predicted molar refractivity (Wildman–Crippen MR) is 139 cm³/mol. The van der Waals surface area contributed by atoms with Crippen LogP contribution in [0.5, 0.6) is 0 Å². The molecule has 1 aliphatic carbocycles. The summed E-state index contributed by atoms with van der Waals surface area (Å²) in [5.74, 6) is -0.337. The summed E-state index contributed by atoms with van der Waals surface area (Å²) < 4.78 is 1.58. The van der Waals surface area contributed by atoms with Crippen LogP contribution in [0.2, 0.25) is 0 Å². The van der Waals surface area contributed by atoms with Crippen LogP contribution in [0.1, 0.15) is 28.8 Å². The van der Waals surface area contributed by atoms with Crippen molar-refractivity contribution in [2.45, 2.75) is 37.8 Å². The number of non-ortho nitro benzene ring substituents is 1. The fourth-order valence-corrected chi connectivity index (χ4v) is 6.38.